The van der Waals surface area contributed by atoms with Crippen molar-refractivity contribution in [2.75, 3.05) is 26.2 Å². The molecule has 3 rings (SSSR count). The van der Waals surface area contributed by atoms with E-state index in [4.69, 9.17) is 11.6 Å². The summed E-state index contributed by atoms with van der Waals surface area (Å²) in [5, 5.41) is 4.75. The van der Waals surface area contributed by atoms with Gasteiger partial charge < -0.3 is 4.90 Å². The molecule has 2 aromatic rings. The van der Waals surface area contributed by atoms with E-state index in [-0.39, 0.29) is 5.91 Å². The molecule has 0 aliphatic carbocycles. The van der Waals surface area contributed by atoms with Gasteiger partial charge in [-0.3, -0.25) is 14.4 Å². The second-order valence-corrected chi connectivity index (χ2v) is 7.66. The number of aryl methyl sites for hydroxylation is 1. The quantitative estimate of drug-likeness (QED) is 0.841. The number of hydrogen-bond acceptors (Lipinski definition) is 3. The average molecular weight is 361 g/mol. The Kier molecular flexibility index (Phi) is 5.16. The zero-order valence-corrected chi connectivity index (χ0v) is 15.8. The van der Waals surface area contributed by atoms with E-state index in [1.165, 1.54) is 11.1 Å². The lowest BCUT2D eigenvalue weighted by atomic mass is 10.0. The molecule has 0 saturated carbocycles. The minimum absolute atomic E-state index is 0.0856. The predicted molar refractivity (Wildman–Crippen MR) is 99.6 cm³/mol. The summed E-state index contributed by atoms with van der Waals surface area (Å²) in [6, 6.07) is 8.60. The molecular weight excluding hydrogens is 336 g/mol. The van der Waals surface area contributed by atoms with Crippen molar-refractivity contribution in [2.24, 2.45) is 0 Å². The first-order valence-electron chi connectivity index (χ1n) is 8.64. The summed E-state index contributed by atoms with van der Waals surface area (Å²) < 4.78 is 1.65. The molecule has 1 aromatic heterocycles. The van der Waals surface area contributed by atoms with Gasteiger partial charge in [0.15, 0.2) is 0 Å². The van der Waals surface area contributed by atoms with E-state index in [1.807, 2.05) is 18.7 Å². The Labute approximate surface area is 154 Å². The smallest absolute Gasteiger partial charge is 0.250 e. The van der Waals surface area contributed by atoms with Crippen molar-refractivity contribution in [3.8, 4) is 0 Å². The second kappa shape index (κ2) is 7.18. The van der Waals surface area contributed by atoms with Crippen molar-refractivity contribution in [2.45, 2.75) is 32.9 Å². The number of halogens is 1. The molecule has 1 amide bonds. The highest BCUT2D eigenvalue weighted by atomic mass is 35.5. The Bertz CT molecular complexity index is 747. The first-order valence-corrected chi connectivity index (χ1v) is 9.02. The molecule has 0 radical (unpaired) electrons. The number of aromatic nitrogens is 2. The first-order chi connectivity index (χ1) is 11.9. The topological polar surface area (TPSA) is 41.4 Å². The SMILES string of the molecule is Cc1cccc(CN2CCN(C(=O)C(C)(C)n3cc(Cl)cn3)CC2)c1. The predicted octanol–water partition coefficient (Wildman–Crippen LogP) is 2.92. The zero-order valence-electron chi connectivity index (χ0n) is 15.1. The van der Waals surface area contributed by atoms with Gasteiger partial charge in [-0.1, -0.05) is 41.4 Å². The Morgan fingerprint density at radius 1 is 1.24 bits per heavy atom. The number of carbonyl (C=O) groups excluding carboxylic acids is 1. The van der Waals surface area contributed by atoms with Gasteiger partial charge in [0.25, 0.3) is 0 Å². The fourth-order valence-electron chi connectivity index (χ4n) is 3.27. The van der Waals surface area contributed by atoms with E-state index in [9.17, 15) is 4.79 Å². The van der Waals surface area contributed by atoms with Gasteiger partial charge in [-0.05, 0) is 26.3 Å². The Morgan fingerprint density at radius 2 is 1.96 bits per heavy atom. The normalized spacial score (nSPS) is 16.2. The first kappa shape index (κ1) is 18.0. The third kappa shape index (κ3) is 4.05. The molecule has 0 spiro atoms. The van der Waals surface area contributed by atoms with Gasteiger partial charge in [-0.25, -0.2) is 0 Å². The molecular formula is C19H25ClN4O. The monoisotopic (exact) mass is 360 g/mol. The van der Waals surface area contributed by atoms with Gasteiger partial charge in [-0.2, -0.15) is 5.10 Å². The van der Waals surface area contributed by atoms with Crippen molar-refractivity contribution in [1.82, 2.24) is 19.6 Å². The number of benzene rings is 1. The highest BCUT2D eigenvalue weighted by Gasteiger charge is 2.35. The maximum Gasteiger partial charge on any atom is 0.250 e. The zero-order chi connectivity index (χ0) is 18.0. The highest BCUT2D eigenvalue weighted by molar-refractivity contribution is 6.30. The maximum atomic E-state index is 12.9. The van der Waals surface area contributed by atoms with E-state index in [0.717, 1.165) is 32.7 Å². The molecule has 2 heterocycles. The Balaban J connectivity index is 1.59. The van der Waals surface area contributed by atoms with Gasteiger partial charge in [0, 0.05) is 38.9 Å². The number of carbonyl (C=O) groups is 1. The van der Waals surface area contributed by atoms with Crippen LogP contribution in [0.3, 0.4) is 0 Å². The van der Waals surface area contributed by atoms with Crippen molar-refractivity contribution in [3.05, 3.63) is 52.8 Å². The summed E-state index contributed by atoms with van der Waals surface area (Å²) in [6.45, 7) is 10.1. The fourth-order valence-corrected chi connectivity index (χ4v) is 3.41. The fraction of sp³-hybridized carbons (Fsp3) is 0.474. The summed E-state index contributed by atoms with van der Waals surface area (Å²) in [5.74, 6) is 0.0856. The van der Waals surface area contributed by atoms with Crippen LogP contribution >= 0.6 is 11.6 Å². The number of hydrogen-bond donors (Lipinski definition) is 0. The van der Waals surface area contributed by atoms with Crippen LogP contribution in [-0.4, -0.2) is 51.7 Å². The largest absolute Gasteiger partial charge is 0.338 e. The third-order valence-electron chi connectivity index (χ3n) is 4.80. The Morgan fingerprint density at radius 3 is 2.56 bits per heavy atom. The highest BCUT2D eigenvalue weighted by Crippen LogP contribution is 2.21. The van der Waals surface area contributed by atoms with Gasteiger partial charge in [0.05, 0.1) is 11.2 Å². The van der Waals surface area contributed by atoms with Crippen LogP contribution in [0, 0.1) is 6.92 Å². The molecule has 0 N–H and O–H groups in total. The van der Waals surface area contributed by atoms with Crippen LogP contribution < -0.4 is 0 Å². The van der Waals surface area contributed by atoms with Gasteiger partial charge in [0.1, 0.15) is 5.54 Å². The molecule has 1 aromatic carbocycles. The number of amides is 1. The standard InChI is InChI=1S/C19H25ClN4O/c1-15-5-4-6-16(11-15)13-22-7-9-23(10-8-22)18(25)19(2,3)24-14-17(20)12-21-24/h4-6,11-12,14H,7-10,13H2,1-3H3. The molecule has 1 fully saturated rings. The van der Waals surface area contributed by atoms with E-state index in [0.29, 0.717) is 5.02 Å². The second-order valence-electron chi connectivity index (χ2n) is 7.22. The van der Waals surface area contributed by atoms with Gasteiger partial charge >= 0.3 is 0 Å². The summed E-state index contributed by atoms with van der Waals surface area (Å²) in [7, 11) is 0. The van der Waals surface area contributed by atoms with Crippen molar-refractivity contribution >= 4 is 17.5 Å². The summed E-state index contributed by atoms with van der Waals surface area (Å²) >= 11 is 5.95. The van der Waals surface area contributed by atoms with E-state index in [1.54, 1.807) is 17.1 Å². The lowest BCUT2D eigenvalue weighted by Gasteiger charge is -2.38. The van der Waals surface area contributed by atoms with E-state index >= 15 is 0 Å². The molecule has 6 heteroatoms. The van der Waals surface area contributed by atoms with E-state index < -0.39 is 5.54 Å². The molecule has 5 nitrogen and oxygen atoms in total. The molecule has 25 heavy (non-hydrogen) atoms. The number of nitrogens with zero attached hydrogens (tertiary/aromatic N) is 4. The van der Waals surface area contributed by atoms with Crippen LogP contribution in [0.2, 0.25) is 5.02 Å². The minimum Gasteiger partial charge on any atom is -0.338 e. The Hall–Kier alpha value is -1.85. The summed E-state index contributed by atoms with van der Waals surface area (Å²) in [5.41, 5.74) is 1.88. The van der Waals surface area contributed by atoms with Crippen LogP contribution in [0.5, 0.6) is 0 Å². The van der Waals surface area contributed by atoms with Crippen LogP contribution in [0.25, 0.3) is 0 Å². The lowest BCUT2D eigenvalue weighted by molar-refractivity contribution is -0.141. The molecule has 1 aliphatic heterocycles. The molecule has 134 valence electrons. The van der Waals surface area contributed by atoms with Crippen molar-refractivity contribution in [3.63, 3.8) is 0 Å². The third-order valence-corrected chi connectivity index (χ3v) is 4.99. The lowest BCUT2D eigenvalue weighted by Crippen LogP contribution is -2.54. The average Bonchev–Trinajstić information content (AvgIpc) is 3.02. The number of rotatable bonds is 4. The van der Waals surface area contributed by atoms with Crippen molar-refractivity contribution in [1.29, 1.82) is 0 Å². The summed E-state index contributed by atoms with van der Waals surface area (Å²) in [6.07, 6.45) is 3.27. The van der Waals surface area contributed by atoms with Crippen LogP contribution in [0.4, 0.5) is 0 Å². The number of piperazine rings is 1. The van der Waals surface area contributed by atoms with Crippen molar-refractivity contribution < 1.29 is 4.79 Å². The van der Waals surface area contributed by atoms with E-state index in [2.05, 4.69) is 41.2 Å². The minimum atomic E-state index is -0.730. The van der Waals surface area contributed by atoms with Crippen LogP contribution in [-0.2, 0) is 16.9 Å². The molecule has 0 bridgehead atoms. The molecule has 1 saturated heterocycles. The van der Waals surface area contributed by atoms with Gasteiger partial charge in [0.2, 0.25) is 5.91 Å². The molecule has 1 aliphatic rings. The van der Waals surface area contributed by atoms with Crippen LogP contribution in [0.15, 0.2) is 36.7 Å². The molecule has 0 unspecified atom stereocenters. The van der Waals surface area contributed by atoms with Gasteiger partial charge in [-0.15, -0.1) is 0 Å². The maximum absolute atomic E-state index is 12.9. The van der Waals surface area contributed by atoms with Crippen LogP contribution in [0.1, 0.15) is 25.0 Å². The molecule has 0 atom stereocenters. The summed E-state index contributed by atoms with van der Waals surface area (Å²) in [4.78, 5) is 17.3.